The molecule has 0 bridgehead atoms. The highest BCUT2D eigenvalue weighted by Gasteiger charge is 2.31. The molecule has 0 unspecified atom stereocenters. The quantitative estimate of drug-likeness (QED) is 0.608. The number of piperidine rings is 1. The zero-order chi connectivity index (χ0) is 20.9. The Kier molecular flexibility index (Phi) is 4.33. The Morgan fingerprint density at radius 2 is 2.03 bits per heavy atom. The van der Waals surface area contributed by atoms with Gasteiger partial charge >= 0.3 is 0 Å². The molecule has 2 aromatic heterocycles. The van der Waals surface area contributed by atoms with Gasteiger partial charge in [-0.25, -0.2) is 9.37 Å². The van der Waals surface area contributed by atoms with E-state index in [1.54, 1.807) is 18.2 Å². The van der Waals surface area contributed by atoms with Gasteiger partial charge in [0.25, 0.3) is 0 Å². The number of nitrogens with zero attached hydrogens (tertiary/aromatic N) is 5. The molecule has 1 aliphatic carbocycles. The number of anilines is 3. The first-order valence-corrected chi connectivity index (χ1v) is 10.2. The van der Waals surface area contributed by atoms with Gasteiger partial charge in [-0.1, -0.05) is 0 Å². The zero-order valence-electron chi connectivity index (χ0n) is 16.7. The molecule has 0 radical (unpaired) electrons. The predicted octanol–water partition coefficient (Wildman–Crippen LogP) is 3.30. The lowest BCUT2D eigenvalue weighted by atomic mass is 9.91. The molecular weight excluding hydrogens is 383 g/mol. The maximum atomic E-state index is 14.8. The number of nitriles is 1. The summed E-state index contributed by atoms with van der Waals surface area (Å²) in [6, 6.07) is 7.35. The highest BCUT2D eigenvalue weighted by Crippen LogP contribution is 2.41. The second-order valence-corrected chi connectivity index (χ2v) is 8.56. The van der Waals surface area contributed by atoms with E-state index in [-0.39, 0.29) is 23.1 Å². The van der Waals surface area contributed by atoms with Crippen molar-refractivity contribution in [3.05, 3.63) is 35.3 Å². The standard InChI is InChI=1S/C21H23FN8/c1-21(24)6-8-30(9-7-21)20-25-15-5-2-12(11-23)10-14(15)18(27-20)26-19-16(22)17(28-29-19)13-3-4-13/h2,5,10,13H,3-4,6-9,24H2,1H3,(H2,25,26,27,28,29). The second kappa shape index (κ2) is 6.92. The molecule has 1 aliphatic heterocycles. The summed E-state index contributed by atoms with van der Waals surface area (Å²) in [4.78, 5) is 11.5. The number of H-pyrrole nitrogens is 1. The summed E-state index contributed by atoms with van der Waals surface area (Å²) in [5.41, 5.74) is 7.77. The van der Waals surface area contributed by atoms with E-state index in [2.05, 4.69) is 38.4 Å². The van der Waals surface area contributed by atoms with Crippen molar-refractivity contribution in [1.82, 2.24) is 20.2 Å². The van der Waals surface area contributed by atoms with Crippen LogP contribution >= 0.6 is 0 Å². The summed E-state index contributed by atoms with van der Waals surface area (Å²) in [6.45, 7) is 3.55. The van der Waals surface area contributed by atoms with Gasteiger partial charge in [0.1, 0.15) is 5.82 Å². The first-order valence-electron chi connectivity index (χ1n) is 10.2. The van der Waals surface area contributed by atoms with Gasteiger partial charge in [-0.2, -0.15) is 15.3 Å². The first-order chi connectivity index (χ1) is 14.4. The zero-order valence-corrected chi connectivity index (χ0v) is 16.7. The number of aromatic amines is 1. The van der Waals surface area contributed by atoms with Gasteiger partial charge in [-0.3, -0.25) is 5.10 Å². The average Bonchev–Trinajstić information content (AvgIpc) is 3.51. The number of nitrogens with two attached hydrogens (primary N) is 1. The Morgan fingerprint density at radius 1 is 1.27 bits per heavy atom. The molecule has 5 rings (SSSR count). The molecule has 0 amide bonds. The molecule has 8 nitrogen and oxygen atoms in total. The number of benzene rings is 1. The van der Waals surface area contributed by atoms with Crippen molar-refractivity contribution in [3.8, 4) is 6.07 Å². The third-order valence-electron chi connectivity index (χ3n) is 5.96. The van der Waals surface area contributed by atoms with Crippen LogP contribution in [-0.4, -0.2) is 38.8 Å². The summed E-state index contributed by atoms with van der Waals surface area (Å²) >= 11 is 0. The van der Waals surface area contributed by atoms with Crippen molar-refractivity contribution in [2.24, 2.45) is 5.73 Å². The lowest BCUT2D eigenvalue weighted by Gasteiger charge is -2.36. The van der Waals surface area contributed by atoms with Crippen molar-refractivity contribution >= 4 is 28.5 Å². The van der Waals surface area contributed by atoms with E-state index in [1.807, 2.05) is 0 Å². The minimum absolute atomic E-state index is 0.110. The van der Waals surface area contributed by atoms with Crippen molar-refractivity contribution in [2.75, 3.05) is 23.3 Å². The Morgan fingerprint density at radius 3 is 2.73 bits per heavy atom. The number of aromatic nitrogens is 4. The maximum Gasteiger partial charge on any atom is 0.227 e. The summed E-state index contributed by atoms with van der Waals surface area (Å²) in [7, 11) is 0. The SMILES string of the molecule is CC1(N)CCN(c2nc(Nc3n[nH]c(C4CC4)c3F)c3cc(C#N)ccc3n2)CC1. The number of hydrogen-bond donors (Lipinski definition) is 3. The first kappa shape index (κ1) is 18.8. The molecule has 30 heavy (non-hydrogen) atoms. The van der Waals surface area contributed by atoms with E-state index in [9.17, 15) is 9.65 Å². The molecule has 3 heterocycles. The normalized spacial score (nSPS) is 18.4. The molecule has 2 aliphatic rings. The van der Waals surface area contributed by atoms with Gasteiger partial charge in [-0.05, 0) is 50.8 Å². The van der Waals surface area contributed by atoms with E-state index in [0.717, 1.165) is 38.8 Å². The Labute approximate surface area is 173 Å². The summed E-state index contributed by atoms with van der Waals surface area (Å²) < 4.78 is 14.8. The number of hydrogen-bond acceptors (Lipinski definition) is 7. The molecule has 1 aromatic carbocycles. The van der Waals surface area contributed by atoms with Crippen molar-refractivity contribution in [2.45, 2.75) is 44.1 Å². The average molecular weight is 406 g/mol. The molecule has 1 saturated carbocycles. The molecule has 9 heteroatoms. The molecule has 0 atom stereocenters. The van der Waals surface area contributed by atoms with Crippen LogP contribution in [0.1, 0.15) is 49.8 Å². The molecule has 154 valence electrons. The minimum atomic E-state index is -0.376. The highest BCUT2D eigenvalue weighted by molar-refractivity contribution is 5.92. The van der Waals surface area contributed by atoms with Crippen LogP contribution in [-0.2, 0) is 0 Å². The van der Waals surface area contributed by atoms with E-state index < -0.39 is 0 Å². The predicted molar refractivity (Wildman–Crippen MR) is 112 cm³/mol. The van der Waals surface area contributed by atoms with Gasteiger partial charge in [-0.15, -0.1) is 0 Å². The lowest BCUT2D eigenvalue weighted by molar-refractivity contribution is 0.362. The largest absolute Gasteiger partial charge is 0.341 e. The lowest BCUT2D eigenvalue weighted by Crippen LogP contribution is -2.48. The topological polar surface area (TPSA) is 120 Å². The smallest absolute Gasteiger partial charge is 0.227 e. The van der Waals surface area contributed by atoms with Gasteiger partial charge in [0, 0.05) is 29.9 Å². The van der Waals surface area contributed by atoms with Crippen molar-refractivity contribution in [1.29, 1.82) is 5.26 Å². The minimum Gasteiger partial charge on any atom is -0.341 e. The van der Waals surface area contributed by atoms with Crippen LogP contribution in [0.25, 0.3) is 10.9 Å². The molecule has 2 fully saturated rings. The number of fused-ring (bicyclic) bond motifs is 1. The van der Waals surface area contributed by atoms with Gasteiger partial charge < -0.3 is 16.0 Å². The van der Waals surface area contributed by atoms with Crippen LogP contribution in [0, 0.1) is 17.1 Å². The van der Waals surface area contributed by atoms with E-state index in [0.29, 0.717) is 33.9 Å². The van der Waals surface area contributed by atoms with Crippen LogP contribution in [0.3, 0.4) is 0 Å². The van der Waals surface area contributed by atoms with Crippen LogP contribution < -0.4 is 16.0 Å². The molecule has 4 N–H and O–H groups in total. The van der Waals surface area contributed by atoms with Gasteiger partial charge in [0.05, 0.1) is 22.8 Å². The second-order valence-electron chi connectivity index (χ2n) is 8.56. The Bertz CT molecular complexity index is 1150. The third kappa shape index (κ3) is 3.44. The Balaban J connectivity index is 1.55. The van der Waals surface area contributed by atoms with Crippen molar-refractivity contribution < 1.29 is 4.39 Å². The van der Waals surface area contributed by atoms with E-state index in [4.69, 9.17) is 10.7 Å². The maximum absolute atomic E-state index is 14.8. The number of halogens is 1. The fourth-order valence-electron chi connectivity index (χ4n) is 3.82. The highest BCUT2D eigenvalue weighted by atomic mass is 19.1. The molecule has 3 aromatic rings. The monoisotopic (exact) mass is 406 g/mol. The summed E-state index contributed by atoms with van der Waals surface area (Å²) in [5, 5.41) is 19.9. The molecule has 1 saturated heterocycles. The summed E-state index contributed by atoms with van der Waals surface area (Å²) in [6.07, 6.45) is 3.62. The number of rotatable bonds is 4. The third-order valence-corrected chi connectivity index (χ3v) is 5.96. The van der Waals surface area contributed by atoms with E-state index in [1.165, 1.54) is 0 Å². The number of nitrogens with one attached hydrogen (secondary N) is 2. The summed E-state index contributed by atoms with van der Waals surface area (Å²) in [5.74, 6) is 0.942. The van der Waals surface area contributed by atoms with Gasteiger partial charge in [0.15, 0.2) is 11.6 Å². The Hall–Kier alpha value is -3.25. The van der Waals surface area contributed by atoms with Crippen molar-refractivity contribution in [3.63, 3.8) is 0 Å². The van der Waals surface area contributed by atoms with Gasteiger partial charge in [0.2, 0.25) is 5.95 Å². The van der Waals surface area contributed by atoms with Crippen LogP contribution in [0.2, 0.25) is 0 Å². The fourth-order valence-corrected chi connectivity index (χ4v) is 3.82. The van der Waals surface area contributed by atoms with Crippen LogP contribution in [0.4, 0.5) is 22.0 Å². The van der Waals surface area contributed by atoms with Crippen LogP contribution in [0.5, 0.6) is 0 Å². The van der Waals surface area contributed by atoms with E-state index >= 15 is 0 Å². The molecular formula is C21H23FN8. The fraction of sp³-hybridized carbons (Fsp3) is 0.429. The van der Waals surface area contributed by atoms with Crippen LogP contribution in [0.15, 0.2) is 18.2 Å². The molecule has 0 spiro atoms.